The quantitative estimate of drug-likeness (QED) is 0.657. The second kappa shape index (κ2) is 7.70. The Balaban J connectivity index is 2.93. The van der Waals surface area contributed by atoms with Gasteiger partial charge in [-0.1, -0.05) is 17.7 Å². The number of benzene rings is 1. The van der Waals surface area contributed by atoms with Crippen molar-refractivity contribution >= 4 is 29.4 Å². The largest absolute Gasteiger partial charge is 0.491 e. The number of anilines is 1. The van der Waals surface area contributed by atoms with Gasteiger partial charge in [-0.2, -0.15) is 0 Å². The number of aliphatic imine (C=N–C) groups is 1. The highest BCUT2D eigenvalue weighted by Gasteiger charge is 2.11. The van der Waals surface area contributed by atoms with E-state index in [0.29, 0.717) is 22.2 Å². The molecule has 0 aliphatic heterocycles. The van der Waals surface area contributed by atoms with Crippen molar-refractivity contribution in [1.29, 1.82) is 0 Å². The highest BCUT2D eigenvalue weighted by atomic mass is 35.5. The molecule has 0 saturated carbocycles. The Bertz CT molecular complexity index is 537. The molecule has 1 amide bonds. The van der Waals surface area contributed by atoms with E-state index in [2.05, 4.69) is 10.3 Å². The minimum Gasteiger partial charge on any atom is -0.491 e. The first-order valence-corrected chi connectivity index (χ1v) is 6.78. The highest BCUT2D eigenvalue weighted by molar-refractivity contribution is 6.34. The number of halogens is 1. The predicted octanol–water partition coefficient (Wildman–Crippen LogP) is 4.06. The molecule has 0 saturated heterocycles. The Kier molecular flexibility index (Phi) is 6.25. The summed E-state index contributed by atoms with van der Waals surface area (Å²) in [6, 6.07) is 5.15. The number of ether oxygens (including phenoxy) is 1. The van der Waals surface area contributed by atoms with E-state index < -0.39 is 0 Å². The van der Waals surface area contributed by atoms with Crippen LogP contribution in [0.5, 0.6) is 5.75 Å². The van der Waals surface area contributed by atoms with Gasteiger partial charge in [0, 0.05) is 12.3 Å². The molecular formula is C15H19ClN2O2. The fourth-order valence-corrected chi connectivity index (χ4v) is 1.70. The molecule has 0 aliphatic carbocycles. The van der Waals surface area contributed by atoms with Crippen molar-refractivity contribution in [2.45, 2.75) is 33.8 Å². The smallest absolute Gasteiger partial charge is 0.273 e. The highest BCUT2D eigenvalue weighted by Crippen LogP contribution is 2.27. The van der Waals surface area contributed by atoms with Crippen LogP contribution in [0.1, 0.15) is 27.7 Å². The molecule has 0 atom stereocenters. The molecule has 0 fully saturated rings. The van der Waals surface area contributed by atoms with Gasteiger partial charge in [-0.25, -0.2) is 0 Å². The van der Waals surface area contributed by atoms with Crippen molar-refractivity contribution < 1.29 is 9.53 Å². The molecule has 1 N–H and O–H groups in total. The fraction of sp³-hybridized carbons (Fsp3) is 0.333. The molecule has 0 bridgehead atoms. The second-order valence-corrected chi connectivity index (χ2v) is 4.73. The van der Waals surface area contributed by atoms with Crippen LogP contribution in [-0.2, 0) is 4.79 Å². The van der Waals surface area contributed by atoms with E-state index in [1.54, 1.807) is 44.3 Å². The number of amides is 1. The Hall–Kier alpha value is -1.81. The summed E-state index contributed by atoms with van der Waals surface area (Å²) in [7, 11) is 0. The van der Waals surface area contributed by atoms with E-state index in [1.165, 1.54) is 0 Å². The summed E-state index contributed by atoms with van der Waals surface area (Å²) in [4.78, 5) is 16.0. The van der Waals surface area contributed by atoms with Crippen molar-refractivity contribution in [1.82, 2.24) is 0 Å². The lowest BCUT2D eigenvalue weighted by Crippen LogP contribution is -2.14. The van der Waals surface area contributed by atoms with E-state index >= 15 is 0 Å². The summed E-state index contributed by atoms with van der Waals surface area (Å²) < 4.78 is 5.57. The molecule has 1 aromatic carbocycles. The van der Waals surface area contributed by atoms with E-state index in [0.717, 1.165) is 0 Å². The van der Waals surface area contributed by atoms with E-state index in [1.807, 2.05) is 13.8 Å². The maximum atomic E-state index is 12.0. The first-order chi connectivity index (χ1) is 9.47. The van der Waals surface area contributed by atoms with Crippen molar-refractivity contribution in [3.8, 4) is 5.75 Å². The van der Waals surface area contributed by atoms with E-state index in [-0.39, 0.29) is 12.0 Å². The van der Waals surface area contributed by atoms with E-state index in [9.17, 15) is 4.79 Å². The van der Waals surface area contributed by atoms with Gasteiger partial charge in [0.1, 0.15) is 11.4 Å². The van der Waals surface area contributed by atoms with Gasteiger partial charge in [-0.05, 0) is 39.8 Å². The molecule has 0 heterocycles. The molecular weight excluding hydrogens is 276 g/mol. The standard InChI is InChI=1S/C15H19ClN2O2/c1-5-13(17-6-2)15(19)18-14-9-11(20-10(3)4)7-8-12(14)16/h5-10H,1-4H3,(H,18,19)/b13-5-,17-6-. The Labute approximate surface area is 124 Å². The third-order valence-electron chi connectivity index (χ3n) is 2.33. The Morgan fingerprint density at radius 2 is 2.10 bits per heavy atom. The van der Waals surface area contributed by atoms with Crippen LogP contribution in [0.3, 0.4) is 0 Å². The first kappa shape index (κ1) is 16.2. The summed E-state index contributed by atoms with van der Waals surface area (Å²) in [5, 5.41) is 3.18. The van der Waals surface area contributed by atoms with Crippen molar-refractivity contribution in [2.24, 2.45) is 4.99 Å². The van der Waals surface area contributed by atoms with E-state index in [4.69, 9.17) is 16.3 Å². The van der Waals surface area contributed by atoms with Crippen molar-refractivity contribution in [3.05, 3.63) is 35.0 Å². The summed E-state index contributed by atoms with van der Waals surface area (Å²) in [5.74, 6) is 0.343. The maximum Gasteiger partial charge on any atom is 0.273 e. The zero-order valence-electron chi connectivity index (χ0n) is 12.1. The average Bonchev–Trinajstić information content (AvgIpc) is 2.39. The third kappa shape index (κ3) is 4.70. The molecule has 0 unspecified atom stereocenters. The Morgan fingerprint density at radius 1 is 1.40 bits per heavy atom. The van der Waals surface area contributed by atoms with Gasteiger partial charge in [-0.3, -0.25) is 9.79 Å². The van der Waals surface area contributed by atoms with Crippen LogP contribution in [0.25, 0.3) is 0 Å². The number of carbonyl (C=O) groups is 1. The fourth-order valence-electron chi connectivity index (χ4n) is 1.54. The van der Waals surface area contributed by atoms with Gasteiger partial charge < -0.3 is 10.1 Å². The van der Waals surface area contributed by atoms with Gasteiger partial charge in [-0.15, -0.1) is 0 Å². The van der Waals surface area contributed by atoms with Crippen LogP contribution in [0.15, 0.2) is 35.0 Å². The number of nitrogens with one attached hydrogen (secondary N) is 1. The van der Waals surface area contributed by atoms with Crippen LogP contribution >= 0.6 is 11.6 Å². The summed E-state index contributed by atoms with van der Waals surface area (Å²) in [5.41, 5.74) is 0.833. The van der Waals surface area contributed by atoms with Gasteiger partial charge in [0.15, 0.2) is 0 Å². The summed E-state index contributed by atoms with van der Waals surface area (Å²) in [6.45, 7) is 7.37. The number of allylic oxidation sites excluding steroid dienone is 1. The Morgan fingerprint density at radius 3 is 2.65 bits per heavy atom. The zero-order valence-corrected chi connectivity index (χ0v) is 12.9. The van der Waals surface area contributed by atoms with Crippen LogP contribution in [-0.4, -0.2) is 18.2 Å². The van der Waals surface area contributed by atoms with Crippen LogP contribution in [0.2, 0.25) is 5.02 Å². The van der Waals surface area contributed by atoms with Gasteiger partial charge >= 0.3 is 0 Å². The molecule has 5 heteroatoms. The number of hydrogen-bond acceptors (Lipinski definition) is 3. The molecule has 20 heavy (non-hydrogen) atoms. The molecule has 0 aliphatic rings. The minimum atomic E-state index is -0.311. The number of carbonyl (C=O) groups excluding carboxylic acids is 1. The maximum absolute atomic E-state index is 12.0. The number of nitrogens with zero attached hydrogens (tertiary/aromatic N) is 1. The topological polar surface area (TPSA) is 50.7 Å². The van der Waals surface area contributed by atoms with Gasteiger partial charge in [0.2, 0.25) is 0 Å². The summed E-state index contributed by atoms with van der Waals surface area (Å²) >= 11 is 6.07. The molecule has 108 valence electrons. The lowest BCUT2D eigenvalue weighted by atomic mass is 10.2. The van der Waals surface area contributed by atoms with Crippen LogP contribution in [0, 0.1) is 0 Å². The molecule has 0 radical (unpaired) electrons. The molecule has 4 nitrogen and oxygen atoms in total. The molecule has 0 spiro atoms. The third-order valence-corrected chi connectivity index (χ3v) is 2.66. The molecule has 1 aromatic rings. The van der Waals surface area contributed by atoms with Gasteiger partial charge in [0.25, 0.3) is 5.91 Å². The van der Waals surface area contributed by atoms with Crippen LogP contribution in [0.4, 0.5) is 5.69 Å². The minimum absolute atomic E-state index is 0.0514. The number of hydrogen-bond donors (Lipinski definition) is 1. The average molecular weight is 295 g/mol. The first-order valence-electron chi connectivity index (χ1n) is 6.40. The van der Waals surface area contributed by atoms with Crippen LogP contribution < -0.4 is 10.1 Å². The predicted molar refractivity (Wildman–Crippen MR) is 83.8 cm³/mol. The zero-order chi connectivity index (χ0) is 15.1. The lowest BCUT2D eigenvalue weighted by Gasteiger charge is -2.13. The summed E-state index contributed by atoms with van der Waals surface area (Å²) in [6.07, 6.45) is 3.25. The second-order valence-electron chi connectivity index (χ2n) is 4.32. The molecule has 0 aromatic heterocycles. The molecule has 1 rings (SSSR count). The lowest BCUT2D eigenvalue weighted by molar-refractivity contribution is -0.112. The monoisotopic (exact) mass is 294 g/mol. The number of rotatable bonds is 5. The van der Waals surface area contributed by atoms with Crippen molar-refractivity contribution in [3.63, 3.8) is 0 Å². The van der Waals surface area contributed by atoms with Gasteiger partial charge in [0.05, 0.1) is 16.8 Å². The normalized spacial score (nSPS) is 12.0. The SMILES string of the molecule is C/C=N\C(=C/C)C(=O)Nc1cc(OC(C)C)ccc1Cl. The van der Waals surface area contributed by atoms with Crippen molar-refractivity contribution in [2.75, 3.05) is 5.32 Å².